The Hall–Kier alpha value is -1.43. The topological polar surface area (TPSA) is 69.4 Å². The fourth-order valence-electron chi connectivity index (χ4n) is 1.21. The van der Waals surface area contributed by atoms with Gasteiger partial charge in [0.25, 0.3) is 5.69 Å². The van der Waals surface area contributed by atoms with E-state index in [0.29, 0.717) is 16.5 Å². The highest BCUT2D eigenvalue weighted by atomic mass is 79.9. The quantitative estimate of drug-likeness (QED) is 0.369. The maximum Gasteiger partial charge on any atom is 0.338 e. The van der Waals surface area contributed by atoms with Crippen LogP contribution >= 0.6 is 15.9 Å². The lowest BCUT2D eigenvalue weighted by molar-refractivity contribution is -0.385. The Bertz CT molecular complexity index is 419. The predicted molar refractivity (Wildman–Crippen MR) is 61.7 cm³/mol. The van der Waals surface area contributed by atoms with E-state index in [0.717, 1.165) is 0 Å². The van der Waals surface area contributed by atoms with Gasteiger partial charge in [0.15, 0.2) is 0 Å². The minimum absolute atomic E-state index is 0.00933. The summed E-state index contributed by atoms with van der Waals surface area (Å²) in [6, 6.07) is 4.16. The third-order valence-corrected chi connectivity index (χ3v) is 2.54. The summed E-state index contributed by atoms with van der Waals surface area (Å²) in [6.45, 7) is 1.98. The average molecular weight is 288 g/mol. The van der Waals surface area contributed by atoms with Crippen LogP contribution in [0.5, 0.6) is 0 Å². The maximum atomic E-state index is 11.4. The molecule has 6 heteroatoms. The van der Waals surface area contributed by atoms with E-state index in [1.165, 1.54) is 18.2 Å². The minimum Gasteiger partial charge on any atom is -0.462 e. The lowest BCUT2D eigenvalue weighted by Gasteiger charge is -2.04. The summed E-state index contributed by atoms with van der Waals surface area (Å²) in [6.07, 6.45) is 0. The molecule has 5 nitrogen and oxygen atoms in total. The van der Waals surface area contributed by atoms with E-state index in [2.05, 4.69) is 15.9 Å². The van der Waals surface area contributed by atoms with E-state index in [-0.39, 0.29) is 12.3 Å². The summed E-state index contributed by atoms with van der Waals surface area (Å²) >= 11 is 3.14. The van der Waals surface area contributed by atoms with Crippen LogP contribution in [0.2, 0.25) is 0 Å². The molecule has 16 heavy (non-hydrogen) atoms. The molecular formula is C10H10BrNO4. The van der Waals surface area contributed by atoms with Crippen LogP contribution in [-0.4, -0.2) is 17.5 Å². The zero-order valence-electron chi connectivity index (χ0n) is 8.60. The van der Waals surface area contributed by atoms with E-state index < -0.39 is 10.9 Å². The number of carbonyl (C=O) groups excluding carboxylic acids is 1. The monoisotopic (exact) mass is 287 g/mol. The van der Waals surface area contributed by atoms with Crippen LogP contribution in [0.3, 0.4) is 0 Å². The van der Waals surface area contributed by atoms with E-state index >= 15 is 0 Å². The maximum absolute atomic E-state index is 11.4. The number of hydrogen-bond acceptors (Lipinski definition) is 4. The van der Waals surface area contributed by atoms with Crippen LogP contribution in [0, 0.1) is 10.1 Å². The van der Waals surface area contributed by atoms with Gasteiger partial charge < -0.3 is 4.74 Å². The highest BCUT2D eigenvalue weighted by molar-refractivity contribution is 9.08. The molecule has 0 fully saturated rings. The largest absolute Gasteiger partial charge is 0.462 e. The third kappa shape index (κ3) is 2.79. The molecule has 0 aliphatic heterocycles. The van der Waals surface area contributed by atoms with Gasteiger partial charge in [0.2, 0.25) is 0 Å². The Kier molecular flexibility index (Phi) is 4.42. The first-order valence-electron chi connectivity index (χ1n) is 4.60. The molecule has 1 aromatic carbocycles. The highest BCUT2D eigenvalue weighted by Gasteiger charge is 2.16. The molecular weight excluding hydrogens is 278 g/mol. The molecule has 1 rings (SSSR count). The van der Waals surface area contributed by atoms with Crippen molar-refractivity contribution in [1.29, 1.82) is 0 Å². The van der Waals surface area contributed by atoms with Gasteiger partial charge >= 0.3 is 5.97 Å². The number of benzene rings is 1. The first-order valence-corrected chi connectivity index (χ1v) is 5.72. The fourth-order valence-corrected chi connectivity index (χ4v) is 1.66. The molecule has 0 heterocycles. The summed E-state index contributed by atoms with van der Waals surface area (Å²) in [4.78, 5) is 21.6. The van der Waals surface area contributed by atoms with Gasteiger partial charge in [-0.25, -0.2) is 4.79 Å². The Labute approximate surface area is 101 Å². The molecule has 0 aliphatic carbocycles. The predicted octanol–water partition coefficient (Wildman–Crippen LogP) is 2.67. The van der Waals surface area contributed by atoms with Gasteiger partial charge in [-0.15, -0.1) is 0 Å². The molecule has 0 aliphatic rings. The number of nitro benzene ring substituents is 1. The zero-order chi connectivity index (χ0) is 12.1. The van der Waals surface area contributed by atoms with Gasteiger partial charge in [-0.05, 0) is 19.1 Å². The Morgan fingerprint density at radius 3 is 2.75 bits per heavy atom. The highest BCUT2D eigenvalue weighted by Crippen LogP contribution is 2.22. The second kappa shape index (κ2) is 5.60. The summed E-state index contributed by atoms with van der Waals surface area (Å²) in [7, 11) is 0. The lowest BCUT2D eigenvalue weighted by atomic mass is 10.1. The van der Waals surface area contributed by atoms with Crippen molar-refractivity contribution in [2.24, 2.45) is 0 Å². The molecule has 0 N–H and O–H groups in total. The van der Waals surface area contributed by atoms with Gasteiger partial charge in [-0.3, -0.25) is 10.1 Å². The van der Waals surface area contributed by atoms with E-state index in [1.54, 1.807) is 6.92 Å². The Morgan fingerprint density at radius 1 is 1.56 bits per heavy atom. The molecule has 0 saturated carbocycles. The van der Waals surface area contributed by atoms with Crippen LogP contribution < -0.4 is 0 Å². The number of nitro groups is 1. The number of nitrogens with zero attached hydrogens (tertiary/aromatic N) is 1. The standard InChI is InChI=1S/C10H10BrNO4/c1-2-16-10(13)7-3-4-9(12(14)15)8(5-7)6-11/h3-5H,2,6H2,1H3. The minimum atomic E-state index is -0.481. The Balaban J connectivity index is 3.08. The first kappa shape index (κ1) is 12.6. The molecule has 0 bridgehead atoms. The van der Waals surface area contributed by atoms with Crippen molar-refractivity contribution < 1.29 is 14.5 Å². The first-order chi connectivity index (χ1) is 7.60. The van der Waals surface area contributed by atoms with E-state index in [4.69, 9.17) is 4.74 Å². The van der Waals surface area contributed by atoms with Crippen LogP contribution in [0.1, 0.15) is 22.8 Å². The number of rotatable bonds is 4. The number of ether oxygens (including phenoxy) is 1. The Morgan fingerprint density at radius 2 is 2.25 bits per heavy atom. The number of esters is 1. The van der Waals surface area contributed by atoms with Crippen molar-refractivity contribution in [2.45, 2.75) is 12.3 Å². The molecule has 1 aromatic rings. The van der Waals surface area contributed by atoms with Crippen LogP contribution in [0.25, 0.3) is 0 Å². The fraction of sp³-hybridized carbons (Fsp3) is 0.300. The summed E-state index contributed by atoms with van der Waals surface area (Å²) < 4.78 is 4.80. The zero-order valence-corrected chi connectivity index (χ0v) is 10.2. The molecule has 0 atom stereocenters. The van der Waals surface area contributed by atoms with Crippen molar-refractivity contribution >= 4 is 27.6 Å². The normalized spacial score (nSPS) is 9.88. The van der Waals surface area contributed by atoms with E-state index in [1.807, 2.05) is 0 Å². The molecule has 0 spiro atoms. The van der Waals surface area contributed by atoms with Crippen LogP contribution in [0.15, 0.2) is 18.2 Å². The lowest BCUT2D eigenvalue weighted by Crippen LogP contribution is -2.05. The molecule has 0 unspecified atom stereocenters. The van der Waals surface area contributed by atoms with Gasteiger partial charge in [0.1, 0.15) is 0 Å². The van der Waals surface area contributed by atoms with Crippen molar-refractivity contribution in [3.05, 3.63) is 39.4 Å². The summed E-state index contributed by atoms with van der Waals surface area (Å²) in [5, 5.41) is 11.0. The number of halogens is 1. The SMILES string of the molecule is CCOC(=O)c1ccc([N+](=O)[O-])c(CBr)c1. The van der Waals surface area contributed by atoms with Crippen molar-refractivity contribution in [2.75, 3.05) is 6.61 Å². The van der Waals surface area contributed by atoms with Gasteiger partial charge in [0, 0.05) is 17.0 Å². The van der Waals surface area contributed by atoms with E-state index in [9.17, 15) is 14.9 Å². The number of carbonyl (C=O) groups is 1. The number of hydrogen-bond donors (Lipinski definition) is 0. The van der Waals surface area contributed by atoms with Crippen molar-refractivity contribution in [3.63, 3.8) is 0 Å². The average Bonchev–Trinajstić information content (AvgIpc) is 2.28. The van der Waals surface area contributed by atoms with Crippen molar-refractivity contribution in [1.82, 2.24) is 0 Å². The molecule has 0 saturated heterocycles. The smallest absolute Gasteiger partial charge is 0.338 e. The van der Waals surface area contributed by atoms with Crippen LogP contribution in [-0.2, 0) is 10.1 Å². The molecule has 0 aromatic heterocycles. The van der Waals surface area contributed by atoms with Gasteiger partial charge in [0.05, 0.1) is 17.1 Å². The summed E-state index contributed by atoms with van der Waals surface area (Å²) in [5.74, 6) is -0.473. The van der Waals surface area contributed by atoms with Crippen LogP contribution in [0.4, 0.5) is 5.69 Å². The second-order valence-electron chi connectivity index (χ2n) is 2.95. The van der Waals surface area contributed by atoms with Gasteiger partial charge in [-0.1, -0.05) is 15.9 Å². The van der Waals surface area contributed by atoms with Crippen molar-refractivity contribution in [3.8, 4) is 0 Å². The molecule has 0 radical (unpaired) electrons. The second-order valence-corrected chi connectivity index (χ2v) is 3.52. The van der Waals surface area contributed by atoms with Gasteiger partial charge in [-0.2, -0.15) is 0 Å². The molecule has 86 valence electrons. The third-order valence-electron chi connectivity index (χ3n) is 1.93. The number of alkyl halides is 1. The molecule has 0 amide bonds. The summed E-state index contributed by atoms with van der Waals surface area (Å²) in [5.41, 5.74) is 0.766.